The molecule has 5 nitrogen and oxygen atoms in total. The topological polar surface area (TPSA) is 70.7 Å². The first kappa shape index (κ1) is 11.7. The number of H-pyrrole nitrogens is 1. The summed E-state index contributed by atoms with van der Waals surface area (Å²) in [5, 5.41) is 13.3. The average molecular weight is 248 g/mol. The summed E-state index contributed by atoms with van der Waals surface area (Å²) in [6.45, 7) is 0.665. The van der Waals surface area contributed by atoms with Gasteiger partial charge in [0.1, 0.15) is 0 Å². The van der Waals surface area contributed by atoms with Crippen LogP contribution in [-0.2, 0) is 11.2 Å². The molecule has 1 heterocycles. The molecule has 0 aliphatic heterocycles. The van der Waals surface area contributed by atoms with Crippen LogP contribution in [0.15, 0.2) is 6.20 Å². The molecule has 1 atom stereocenters. The van der Waals surface area contributed by atoms with Gasteiger partial charge >= 0.3 is 0 Å². The number of rotatable bonds is 4. The molecular formula is C13H20N4O. The first-order valence-corrected chi connectivity index (χ1v) is 6.93. The number of carbonyl (C=O) groups is 1. The molecule has 3 rings (SSSR count). The lowest BCUT2D eigenvalue weighted by molar-refractivity contribution is -0.123. The van der Waals surface area contributed by atoms with E-state index in [1.165, 1.54) is 32.1 Å². The molecule has 2 N–H and O–H groups in total. The molecule has 1 amide bonds. The Morgan fingerprint density at radius 2 is 2.28 bits per heavy atom. The Kier molecular flexibility index (Phi) is 3.06. The van der Waals surface area contributed by atoms with E-state index in [4.69, 9.17) is 0 Å². The number of amides is 1. The fraction of sp³-hybridized carbons (Fsp3) is 0.769. The zero-order chi connectivity index (χ0) is 12.4. The van der Waals surface area contributed by atoms with Gasteiger partial charge in [0, 0.05) is 18.9 Å². The molecule has 2 aliphatic carbocycles. The molecule has 0 radical (unpaired) electrons. The van der Waals surface area contributed by atoms with E-state index in [0.717, 1.165) is 18.5 Å². The van der Waals surface area contributed by atoms with E-state index >= 15 is 0 Å². The quantitative estimate of drug-likeness (QED) is 0.847. The number of aromatic amines is 1. The summed E-state index contributed by atoms with van der Waals surface area (Å²) in [4.78, 5) is 12.1. The first-order chi connectivity index (χ1) is 8.80. The van der Waals surface area contributed by atoms with Crippen LogP contribution in [0.1, 0.15) is 44.2 Å². The maximum Gasteiger partial charge on any atom is 0.223 e. The number of hydrogen-bond donors (Lipinski definition) is 2. The Labute approximate surface area is 107 Å². The Morgan fingerprint density at radius 3 is 3.00 bits per heavy atom. The van der Waals surface area contributed by atoms with Gasteiger partial charge in [-0.2, -0.15) is 15.4 Å². The molecule has 0 bridgehead atoms. The highest BCUT2D eigenvalue weighted by atomic mass is 16.2. The van der Waals surface area contributed by atoms with Crippen molar-refractivity contribution in [3.63, 3.8) is 0 Å². The van der Waals surface area contributed by atoms with Gasteiger partial charge in [0.25, 0.3) is 0 Å². The molecule has 2 saturated carbocycles. The van der Waals surface area contributed by atoms with Crippen molar-refractivity contribution in [2.45, 2.75) is 44.9 Å². The molecule has 1 spiro atoms. The van der Waals surface area contributed by atoms with Gasteiger partial charge in [-0.05, 0) is 24.7 Å². The zero-order valence-electron chi connectivity index (χ0n) is 10.6. The summed E-state index contributed by atoms with van der Waals surface area (Å²) in [6.07, 6.45) is 10.0. The Bertz CT molecular complexity index is 409. The molecule has 1 unspecified atom stereocenters. The lowest BCUT2D eigenvalue weighted by atomic mass is 9.84. The van der Waals surface area contributed by atoms with Crippen LogP contribution < -0.4 is 5.32 Å². The first-order valence-electron chi connectivity index (χ1n) is 6.93. The minimum Gasteiger partial charge on any atom is -0.355 e. The van der Waals surface area contributed by atoms with Crippen LogP contribution in [-0.4, -0.2) is 27.9 Å². The Hall–Kier alpha value is -1.39. The van der Waals surface area contributed by atoms with Crippen LogP contribution in [0.2, 0.25) is 0 Å². The Morgan fingerprint density at radius 1 is 1.44 bits per heavy atom. The molecular weight excluding hydrogens is 228 g/mol. The number of carbonyl (C=O) groups excluding carboxylic acids is 1. The average Bonchev–Trinajstić information content (AvgIpc) is 2.85. The number of nitrogens with one attached hydrogen (secondary N) is 2. The molecule has 0 saturated heterocycles. The van der Waals surface area contributed by atoms with Crippen LogP contribution in [0.25, 0.3) is 0 Å². The van der Waals surface area contributed by atoms with Crippen molar-refractivity contribution >= 4 is 5.91 Å². The number of nitrogens with zero attached hydrogens (tertiary/aromatic N) is 2. The van der Waals surface area contributed by atoms with E-state index in [1.807, 2.05) is 0 Å². The highest BCUT2D eigenvalue weighted by molar-refractivity contribution is 5.82. The fourth-order valence-electron chi connectivity index (χ4n) is 3.31. The minimum atomic E-state index is 0.250. The number of aromatic nitrogens is 3. The molecule has 5 heteroatoms. The maximum absolute atomic E-state index is 12.1. The summed E-state index contributed by atoms with van der Waals surface area (Å²) >= 11 is 0. The van der Waals surface area contributed by atoms with Crippen LogP contribution >= 0.6 is 0 Å². The molecule has 1 aromatic heterocycles. The van der Waals surface area contributed by atoms with E-state index in [1.54, 1.807) is 6.20 Å². The van der Waals surface area contributed by atoms with Crippen LogP contribution in [0.3, 0.4) is 0 Å². The molecule has 18 heavy (non-hydrogen) atoms. The van der Waals surface area contributed by atoms with Gasteiger partial charge < -0.3 is 5.32 Å². The second-order valence-corrected chi connectivity index (χ2v) is 5.68. The summed E-state index contributed by atoms with van der Waals surface area (Å²) in [5.74, 6) is 0.538. The maximum atomic E-state index is 12.1. The van der Waals surface area contributed by atoms with Crippen LogP contribution in [0.4, 0.5) is 0 Å². The minimum absolute atomic E-state index is 0.250. The van der Waals surface area contributed by atoms with Gasteiger partial charge in [0.05, 0.1) is 11.9 Å². The largest absolute Gasteiger partial charge is 0.355 e. The second kappa shape index (κ2) is 4.71. The smallest absolute Gasteiger partial charge is 0.223 e. The summed E-state index contributed by atoms with van der Waals surface area (Å²) in [6, 6.07) is 0. The fourth-order valence-corrected chi connectivity index (χ4v) is 3.31. The van der Waals surface area contributed by atoms with E-state index in [9.17, 15) is 4.79 Å². The summed E-state index contributed by atoms with van der Waals surface area (Å²) in [5.41, 5.74) is 1.29. The summed E-state index contributed by atoms with van der Waals surface area (Å²) < 4.78 is 0. The van der Waals surface area contributed by atoms with Crippen molar-refractivity contribution < 1.29 is 4.79 Å². The van der Waals surface area contributed by atoms with Gasteiger partial charge in [0.2, 0.25) is 5.91 Å². The van der Waals surface area contributed by atoms with Crippen LogP contribution in [0, 0.1) is 11.3 Å². The van der Waals surface area contributed by atoms with Gasteiger partial charge in [0.15, 0.2) is 0 Å². The zero-order valence-corrected chi connectivity index (χ0v) is 10.6. The van der Waals surface area contributed by atoms with Crippen molar-refractivity contribution in [1.29, 1.82) is 0 Å². The lowest BCUT2D eigenvalue weighted by Crippen LogP contribution is -2.29. The summed E-state index contributed by atoms with van der Waals surface area (Å²) in [7, 11) is 0. The van der Waals surface area contributed by atoms with Gasteiger partial charge in [-0.3, -0.25) is 4.79 Å². The number of hydrogen-bond acceptors (Lipinski definition) is 3. The molecule has 98 valence electrons. The van der Waals surface area contributed by atoms with Gasteiger partial charge in [-0.1, -0.05) is 19.3 Å². The van der Waals surface area contributed by atoms with E-state index in [2.05, 4.69) is 20.7 Å². The van der Waals surface area contributed by atoms with Crippen molar-refractivity contribution in [2.24, 2.45) is 11.3 Å². The molecule has 2 fully saturated rings. The third kappa shape index (κ3) is 2.26. The molecule has 2 aliphatic rings. The highest BCUT2D eigenvalue weighted by Gasteiger charge is 2.57. The standard InChI is InChI=1S/C13H20N4O/c18-12(14-7-4-10-9-15-17-16-10)11-8-13(11)5-2-1-3-6-13/h9,11H,1-8H2,(H,14,18)(H,15,16,17). The van der Waals surface area contributed by atoms with Gasteiger partial charge in [-0.25, -0.2) is 0 Å². The second-order valence-electron chi connectivity index (χ2n) is 5.68. The van der Waals surface area contributed by atoms with Crippen molar-refractivity contribution in [3.8, 4) is 0 Å². The molecule has 1 aromatic rings. The predicted molar refractivity (Wildman–Crippen MR) is 66.7 cm³/mol. The molecule has 0 aromatic carbocycles. The third-order valence-corrected chi connectivity index (χ3v) is 4.50. The SMILES string of the molecule is O=C(NCCc1cn[nH]n1)C1CC12CCCCC2. The van der Waals surface area contributed by atoms with Crippen LogP contribution in [0.5, 0.6) is 0 Å². The Balaban J connectivity index is 1.43. The third-order valence-electron chi connectivity index (χ3n) is 4.50. The van der Waals surface area contributed by atoms with E-state index in [-0.39, 0.29) is 11.8 Å². The monoisotopic (exact) mass is 248 g/mol. The van der Waals surface area contributed by atoms with Crippen molar-refractivity contribution in [1.82, 2.24) is 20.7 Å². The highest BCUT2D eigenvalue weighted by Crippen LogP contribution is 2.61. The van der Waals surface area contributed by atoms with E-state index in [0.29, 0.717) is 12.0 Å². The van der Waals surface area contributed by atoms with E-state index < -0.39 is 0 Å². The van der Waals surface area contributed by atoms with Crippen molar-refractivity contribution in [2.75, 3.05) is 6.54 Å². The van der Waals surface area contributed by atoms with Gasteiger partial charge in [-0.15, -0.1) is 0 Å². The predicted octanol–water partition coefficient (Wildman–Crippen LogP) is 1.43. The lowest BCUT2D eigenvalue weighted by Gasteiger charge is -2.22. The normalized spacial score (nSPS) is 25.0. The van der Waals surface area contributed by atoms with Crippen molar-refractivity contribution in [3.05, 3.63) is 11.9 Å².